The number of nitrogens with zero attached hydrogens (tertiary/aromatic N) is 2. The number of aliphatic hydroxyl groups is 1. The molecule has 3 N–H and O–H groups in total. The second-order valence-corrected chi connectivity index (χ2v) is 5.28. The van der Waals surface area contributed by atoms with Crippen LogP contribution >= 0.6 is 23.1 Å². The Kier molecular flexibility index (Phi) is 4.99. The van der Waals surface area contributed by atoms with E-state index in [4.69, 9.17) is 9.52 Å². The predicted octanol–water partition coefficient (Wildman–Crippen LogP) is 0.446. The van der Waals surface area contributed by atoms with Crippen LogP contribution in [0.15, 0.2) is 27.2 Å². The second kappa shape index (κ2) is 6.75. The number of aromatic nitrogens is 2. The molecule has 17 heavy (non-hydrogen) atoms. The van der Waals surface area contributed by atoms with Gasteiger partial charge in [0.05, 0.1) is 30.3 Å². The van der Waals surface area contributed by atoms with Crippen molar-refractivity contribution in [2.45, 2.75) is 5.22 Å². The van der Waals surface area contributed by atoms with E-state index in [-0.39, 0.29) is 6.61 Å². The van der Waals surface area contributed by atoms with Crippen LogP contribution in [0, 0.1) is 0 Å². The SMILES string of the molecule is OCC[NH2+]CCSc1nnc(-c2cccs2)o1. The normalized spacial score (nSPS) is 10.9. The van der Waals surface area contributed by atoms with Crippen LogP contribution in [0.5, 0.6) is 0 Å². The molecule has 2 rings (SSSR count). The van der Waals surface area contributed by atoms with Crippen LogP contribution in [0.3, 0.4) is 0 Å². The minimum atomic E-state index is 0.216. The van der Waals surface area contributed by atoms with Gasteiger partial charge in [-0.25, -0.2) is 0 Å². The van der Waals surface area contributed by atoms with Crippen molar-refractivity contribution in [1.82, 2.24) is 10.2 Å². The van der Waals surface area contributed by atoms with Crippen molar-refractivity contribution in [2.75, 3.05) is 25.4 Å². The van der Waals surface area contributed by atoms with E-state index in [0.717, 1.165) is 23.7 Å². The van der Waals surface area contributed by atoms with Crippen molar-refractivity contribution in [3.8, 4) is 10.8 Å². The molecular formula is C10H14N3O2S2+. The van der Waals surface area contributed by atoms with Crippen molar-refractivity contribution in [3.63, 3.8) is 0 Å². The average Bonchev–Trinajstić information content (AvgIpc) is 2.99. The minimum absolute atomic E-state index is 0.216. The quantitative estimate of drug-likeness (QED) is 0.565. The first-order chi connectivity index (χ1) is 8.40. The summed E-state index contributed by atoms with van der Waals surface area (Å²) in [5.74, 6) is 1.48. The van der Waals surface area contributed by atoms with Gasteiger partial charge in [-0.3, -0.25) is 0 Å². The summed E-state index contributed by atoms with van der Waals surface area (Å²) >= 11 is 3.13. The van der Waals surface area contributed by atoms with Crippen molar-refractivity contribution in [1.29, 1.82) is 0 Å². The van der Waals surface area contributed by atoms with Crippen molar-refractivity contribution >= 4 is 23.1 Å². The summed E-state index contributed by atoms with van der Waals surface area (Å²) in [6.45, 7) is 1.89. The molecule has 0 aliphatic carbocycles. The molecule has 7 heteroatoms. The van der Waals surface area contributed by atoms with Gasteiger partial charge < -0.3 is 14.8 Å². The largest absolute Gasteiger partial charge is 0.410 e. The number of nitrogens with two attached hydrogens (primary N) is 1. The van der Waals surface area contributed by atoms with Crippen LogP contribution in [-0.4, -0.2) is 40.8 Å². The molecule has 92 valence electrons. The zero-order valence-electron chi connectivity index (χ0n) is 9.20. The van der Waals surface area contributed by atoms with Gasteiger partial charge in [-0.1, -0.05) is 17.8 Å². The Morgan fingerprint density at radius 3 is 3.12 bits per heavy atom. The Morgan fingerprint density at radius 1 is 1.41 bits per heavy atom. The lowest BCUT2D eigenvalue weighted by Gasteiger charge is -1.96. The van der Waals surface area contributed by atoms with Gasteiger partial charge in [-0.05, 0) is 11.4 Å². The molecule has 0 unspecified atom stereocenters. The molecule has 0 fully saturated rings. The van der Waals surface area contributed by atoms with Crippen LogP contribution in [0.2, 0.25) is 0 Å². The number of thiophene rings is 1. The second-order valence-electron chi connectivity index (χ2n) is 3.29. The number of hydrogen-bond acceptors (Lipinski definition) is 6. The summed E-state index contributed by atoms with van der Waals surface area (Å²) in [6, 6.07) is 3.92. The molecule has 2 aromatic heterocycles. The molecule has 0 atom stereocenters. The van der Waals surface area contributed by atoms with Gasteiger partial charge in [0, 0.05) is 0 Å². The fourth-order valence-electron chi connectivity index (χ4n) is 1.23. The standard InChI is InChI=1S/C10H13N3O2S2/c14-5-3-11-4-7-17-10-13-12-9(15-10)8-2-1-6-16-8/h1-2,6,11,14H,3-5,7H2/p+1. The van der Waals surface area contributed by atoms with Gasteiger partial charge >= 0.3 is 0 Å². The monoisotopic (exact) mass is 272 g/mol. The summed E-state index contributed by atoms with van der Waals surface area (Å²) in [4.78, 5) is 0.996. The Hall–Kier alpha value is -0.890. The molecular weight excluding hydrogens is 258 g/mol. The summed E-state index contributed by atoms with van der Waals surface area (Å²) in [6.07, 6.45) is 0. The van der Waals surface area contributed by atoms with Gasteiger partial charge in [0.25, 0.3) is 11.1 Å². The molecule has 0 aromatic carbocycles. The number of quaternary nitrogens is 1. The maximum atomic E-state index is 8.61. The first-order valence-electron chi connectivity index (χ1n) is 5.33. The van der Waals surface area contributed by atoms with Gasteiger partial charge in [-0.2, -0.15) is 0 Å². The lowest BCUT2D eigenvalue weighted by Crippen LogP contribution is -2.85. The number of hydrogen-bond donors (Lipinski definition) is 2. The molecule has 0 amide bonds. The molecule has 0 aliphatic rings. The zero-order valence-corrected chi connectivity index (χ0v) is 10.8. The first kappa shape index (κ1) is 12.6. The van der Waals surface area contributed by atoms with Crippen LogP contribution in [0.25, 0.3) is 10.8 Å². The maximum Gasteiger partial charge on any atom is 0.277 e. The fourth-order valence-corrected chi connectivity index (χ4v) is 2.57. The Labute approximate surface area is 107 Å². The van der Waals surface area contributed by atoms with E-state index in [1.807, 2.05) is 17.5 Å². The Morgan fingerprint density at radius 2 is 2.35 bits per heavy atom. The van der Waals surface area contributed by atoms with Gasteiger partial charge in [0.1, 0.15) is 0 Å². The summed E-state index contributed by atoms with van der Waals surface area (Å²) in [5, 5.41) is 21.2. The molecule has 0 radical (unpaired) electrons. The molecule has 2 aromatic rings. The fraction of sp³-hybridized carbons (Fsp3) is 0.400. The van der Waals surface area contributed by atoms with E-state index in [2.05, 4.69) is 15.5 Å². The molecule has 0 bridgehead atoms. The Balaban J connectivity index is 1.79. The van der Waals surface area contributed by atoms with Crippen LogP contribution in [-0.2, 0) is 0 Å². The first-order valence-corrected chi connectivity index (χ1v) is 7.19. The van der Waals surface area contributed by atoms with Gasteiger partial charge in [0.2, 0.25) is 0 Å². The van der Waals surface area contributed by atoms with Crippen LogP contribution in [0.1, 0.15) is 0 Å². The summed E-state index contributed by atoms with van der Waals surface area (Å²) < 4.78 is 5.52. The third kappa shape index (κ3) is 3.81. The highest BCUT2D eigenvalue weighted by Gasteiger charge is 2.09. The number of thioether (sulfide) groups is 1. The minimum Gasteiger partial charge on any atom is -0.410 e. The summed E-state index contributed by atoms with van der Waals surface area (Å²) in [5.41, 5.74) is 0. The molecule has 0 aliphatic heterocycles. The average molecular weight is 272 g/mol. The van der Waals surface area contributed by atoms with Gasteiger partial charge in [-0.15, -0.1) is 21.5 Å². The molecule has 0 spiro atoms. The third-order valence-electron chi connectivity index (χ3n) is 2.02. The van der Waals surface area contributed by atoms with Crippen LogP contribution in [0.4, 0.5) is 0 Å². The van der Waals surface area contributed by atoms with E-state index >= 15 is 0 Å². The molecule has 0 saturated carbocycles. The van der Waals surface area contributed by atoms with Crippen molar-refractivity contribution in [2.24, 2.45) is 0 Å². The molecule has 2 heterocycles. The van der Waals surface area contributed by atoms with Crippen molar-refractivity contribution < 1.29 is 14.8 Å². The maximum absolute atomic E-state index is 8.61. The third-order valence-corrected chi connectivity index (χ3v) is 3.73. The number of rotatable bonds is 7. The highest BCUT2D eigenvalue weighted by Crippen LogP contribution is 2.25. The van der Waals surface area contributed by atoms with E-state index < -0.39 is 0 Å². The lowest BCUT2D eigenvalue weighted by molar-refractivity contribution is -0.651. The lowest BCUT2D eigenvalue weighted by atomic mass is 10.5. The van der Waals surface area contributed by atoms with E-state index in [0.29, 0.717) is 11.1 Å². The number of aliphatic hydroxyl groups excluding tert-OH is 1. The Bertz CT molecular complexity index is 430. The van der Waals surface area contributed by atoms with Gasteiger partial charge in [0.15, 0.2) is 0 Å². The van der Waals surface area contributed by atoms with Crippen LogP contribution < -0.4 is 5.32 Å². The zero-order chi connectivity index (χ0) is 11.9. The molecule has 0 saturated heterocycles. The summed E-state index contributed by atoms with van der Waals surface area (Å²) in [7, 11) is 0. The van der Waals surface area contributed by atoms with Crippen molar-refractivity contribution in [3.05, 3.63) is 17.5 Å². The molecule has 5 nitrogen and oxygen atoms in total. The highest BCUT2D eigenvalue weighted by atomic mass is 32.2. The highest BCUT2D eigenvalue weighted by molar-refractivity contribution is 7.99. The predicted molar refractivity (Wildman–Crippen MR) is 67.1 cm³/mol. The topological polar surface area (TPSA) is 75.8 Å². The van der Waals surface area contributed by atoms with E-state index in [9.17, 15) is 0 Å². The van der Waals surface area contributed by atoms with E-state index in [1.54, 1.807) is 23.1 Å². The smallest absolute Gasteiger partial charge is 0.277 e. The van der Waals surface area contributed by atoms with E-state index in [1.165, 1.54) is 0 Å².